The Morgan fingerprint density at radius 3 is 2.79 bits per heavy atom. The molecule has 2 rings (SSSR count). The van der Waals surface area contributed by atoms with Crippen molar-refractivity contribution in [1.29, 1.82) is 0 Å². The molecule has 0 heterocycles. The zero-order valence-electron chi connectivity index (χ0n) is 8.63. The normalized spacial score (nSPS) is 18.3. The molecule has 1 aliphatic rings. The SMILES string of the molecule is CC/C(C)=C1\C(=O)Cc2ccccc21. The summed E-state index contributed by atoms with van der Waals surface area (Å²) < 4.78 is 0. The summed E-state index contributed by atoms with van der Waals surface area (Å²) >= 11 is 0. The zero-order valence-corrected chi connectivity index (χ0v) is 8.63. The molecule has 1 aliphatic carbocycles. The number of rotatable bonds is 1. The van der Waals surface area contributed by atoms with Gasteiger partial charge in [-0.05, 0) is 24.5 Å². The van der Waals surface area contributed by atoms with Gasteiger partial charge < -0.3 is 0 Å². The van der Waals surface area contributed by atoms with E-state index in [0.717, 1.165) is 17.6 Å². The summed E-state index contributed by atoms with van der Waals surface area (Å²) in [4.78, 5) is 11.8. The Balaban J connectivity index is 2.61. The van der Waals surface area contributed by atoms with E-state index in [-0.39, 0.29) is 5.78 Å². The summed E-state index contributed by atoms with van der Waals surface area (Å²) in [6.07, 6.45) is 1.54. The van der Waals surface area contributed by atoms with Crippen LogP contribution in [0.5, 0.6) is 0 Å². The van der Waals surface area contributed by atoms with Gasteiger partial charge >= 0.3 is 0 Å². The lowest BCUT2D eigenvalue weighted by Crippen LogP contribution is -1.96. The lowest BCUT2D eigenvalue weighted by Gasteiger charge is -2.03. The van der Waals surface area contributed by atoms with Crippen LogP contribution in [0, 0.1) is 0 Å². The first-order valence-electron chi connectivity index (χ1n) is 5.05. The molecule has 0 amide bonds. The highest BCUT2D eigenvalue weighted by Crippen LogP contribution is 2.32. The van der Waals surface area contributed by atoms with Gasteiger partial charge in [-0.3, -0.25) is 4.79 Å². The van der Waals surface area contributed by atoms with Crippen molar-refractivity contribution < 1.29 is 4.79 Å². The predicted octanol–water partition coefficient (Wildman–Crippen LogP) is 3.00. The highest BCUT2D eigenvalue weighted by atomic mass is 16.1. The number of Topliss-reactive ketones (excluding diaryl/α,β-unsaturated/α-hetero) is 1. The summed E-state index contributed by atoms with van der Waals surface area (Å²) in [5, 5.41) is 0. The molecule has 0 aliphatic heterocycles. The molecule has 14 heavy (non-hydrogen) atoms. The third-order valence-corrected chi connectivity index (χ3v) is 2.87. The molecule has 0 radical (unpaired) electrons. The van der Waals surface area contributed by atoms with Crippen molar-refractivity contribution in [3.05, 3.63) is 41.0 Å². The molecule has 0 unspecified atom stereocenters. The van der Waals surface area contributed by atoms with Crippen molar-refractivity contribution in [2.24, 2.45) is 0 Å². The number of benzene rings is 1. The molecule has 1 aromatic rings. The van der Waals surface area contributed by atoms with Gasteiger partial charge in [-0.15, -0.1) is 0 Å². The molecule has 0 saturated carbocycles. The molecule has 1 aromatic carbocycles. The molecule has 0 aromatic heterocycles. The largest absolute Gasteiger partial charge is 0.294 e. The van der Waals surface area contributed by atoms with E-state index >= 15 is 0 Å². The maximum atomic E-state index is 11.8. The predicted molar refractivity (Wildman–Crippen MR) is 58.0 cm³/mol. The minimum atomic E-state index is 0.283. The average molecular weight is 186 g/mol. The maximum Gasteiger partial charge on any atom is 0.167 e. The Kier molecular flexibility index (Phi) is 2.24. The van der Waals surface area contributed by atoms with E-state index in [0.29, 0.717) is 6.42 Å². The molecule has 0 spiro atoms. The third kappa shape index (κ3) is 1.29. The van der Waals surface area contributed by atoms with Gasteiger partial charge in [0, 0.05) is 12.0 Å². The van der Waals surface area contributed by atoms with Crippen molar-refractivity contribution >= 4 is 11.4 Å². The lowest BCUT2D eigenvalue weighted by molar-refractivity contribution is -0.112. The molecule has 1 heteroatoms. The fraction of sp³-hybridized carbons (Fsp3) is 0.308. The topological polar surface area (TPSA) is 17.1 Å². The van der Waals surface area contributed by atoms with Crippen LogP contribution in [0.15, 0.2) is 29.8 Å². The van der Waals surface area contributed by atoms with Crippen molar-refractivity contribution in [2.75, 3.05) is 0 Å². The summed E-state index contributed by atoms with van der Waals surface area (Å²) in [6, 6.07) is 8.09. The minimum Gasteiger partial charge on any atom is -0.294 e. The quantitative estimate of drug-likeness (QED) is 0.616. The molecule has 0 bridgehead atoms. The van der Waals surface area contributed by atoms with Crippen molar-refractivity contribution in [3.63, 3.8) is 0 Å². The van der Waals surface area contributed by atoms with Gasteiger partial charge in [0.2, 0.25) is 0 Å². The second kappa shape index (κ2) is 3.41. The van der Waals surface area contributed by atoms with E-state index in [2.05, 4.69) is 19.9 Å². The first kappa shape index (κ1) is 9.20. The van der Waals surface area contributed by atoms with Gasteiger partial charge in [-0.25, -0.2) is 0 Å². The van der Waals surface area contributed by atoms with Crippen LogP contribution < -0.4 is 0 Å². The summed E-state index contributed by atoms with van der Waals surface area (Å²) in [6.45, 7) is 4.14. The maximum absolute atomic E-state index is 11.8. The smallest absolute Gasteiger partial charge is 0.167 e. The molecular formula is C13H14O. The van der Waals surface area contributed by atoms with Gasteiger partial charge in [0.25, 0.3) is 0 Å². The average Bonchev–Trinajstić information content (AvgIpc) is 2.53. The second-order valence-electron chi connectivity index (χ2n) is 3.77. The van der Waals surface area contributed by atoms with E-state index in [1.54, 1.807) is 0 Å². The number of fused-ring (bicyclic) bond motifs is 1. The molecule has 0 fully saturated rings. The second-order valence-corrected chi connectivity index (χ2v) is 3.77. The summed E-state index contributed by atoms with van der Waals surface area (Å²) in [5.41, 5.74) is 4.50. The number of hydrogen-bond donors (Lipinski definition) is 0. The molecule has 0 atom stereocenters. The van der Waals surface area contributed by atoms with E-state index in [1.807, 2.05) is 18.2 Å². The monoisotopic (exact) mass is 186 g/mol. The van der Waals surface area contributed by atoms with Crippen molar-refractivity contribution in [3.8, 4) is 0 Å². The third-order valence-electron chi connectivity index (χ3n) is 2.87. The highest BCUT2D eigenvalue weighted by molar-refractivity contribution is 6.26. The number of allylic oxidation sites excluding steroid dienone is 2. The Morgan fingerprint density at radius 2 is 2.07 bits per heavy atom. The van der Waals surface area contributed by atoms with Gasteiger partial charge in [-0.1, -0.05) is 36.8 Å². The Bertz CT molecular complexity index is 413. The highest BCUT2D eigenvalue weighted by Gasteiger charge is 2.24. The van der Waals surface area contributed by atoms with Gasteiger partial charge in [-0.2, -0.15) is 0 Å². The van der Waals surface area contributed by atoms with Crippen molar-refractivity contribution in [2.45, 2.75) is 26.7 Å². The summed E-state index contributed by atoms with van der Waals surface area (Å²) in [5.74, 6) is 0.283. The van der Waals surface area contributed by atoms with E-state index in [4.69, 9.17) is 0 Å². The van der Waals surface area contributed by atoms with Gasteiger partial charge in [0.1, 0.15) is 0 Å². The van der Waals surface area contributed by atoms with Crippen LogP contribution in [0.2, 0.25) is 0 Å². The Labute approximate surface area is 84.5 Å². The Hall–Kier alpha value is -1.37. The van der Waals surface area contributed by atoms with Crippen molar-refractivity contribution in [1.82, 2.24) is 0 Å². The number of carbonyl (C=O) groups is 1. The van der Waals surface area contributed by atoms with Crippen LogP contribution >= 0.6 is 0 Å². The van der Waals surface area contributed by atoms with E-state index in [1.165, 1.54) is 11.1 Å². The van der Waals surface area contributed by atoms with Crippen LogP contribution in [0.25, 0.3) is 5.57 Å². The van der Waals surface area contributed by atoms with E-state index in [9.17, 15) is 4.79 Å². The van der Waals surface area contributed by atoms with Crippen LogP contribution in [-0.2, 0) is 11.2 Å². The van der Waals surface area contributed by atoms with E-state index < -0.39 is 0 Å². The fourth-order valence-corrected chi connectivity index (χ4v) is 1.97. The van der Waals surface area contributed by atoms with Crippen LogP contribution in [0.1, 0.15) is 31.4 Å². The standard InChI is InChI=1S/C13H14O/c1-3-9(2)13-11-7-5-4-6-10(11)8-12(13)14/h4-7H,3,8H2,1-2H3/b13-9-. The fourth-order valence-electron chi connectivity index (χ4n) is 1.97. The number of hydrogen-bond acceptors (Lipinski definition) is 1. The minimum absolute atomic E-state index is 0.283. The number of ketones is 1. The van der Waals surface area contributed by atoms with Gasteiger partial charge in [0.05, 0.1) is 0 Å². The zero-order chi connectivity index (χ0) is 10.1. The molecule has 1 nitrogen and oxygen atoms in total. The Morgan fingerprint density at radius 1 is 1.36 bits per heavy atom. The first-order valence-corrected chi connectivity index (χ1v) is 5.05. The first-order chi connectivity index (χ1) is 6.74. The molecule has 72 valence electrons. The number of carbonyl (C=O) groups excluding carboxylic acids is 1. The van der Waals surface area contributed by atoms with Crippen LogP contribution in [0.3, 0.4) is 0 Å². The molecule has 0 N–H and O–H groups in total. The summed E-state index contributed by atoms with van der Waals surface area (Å²) in [7, 11) is 0. The van der Waals surface area contributed by atoms with Crippen LogP contribution in [0.4, 0.5) is 0 Å². The van der Waals surface area contributed by atoms with Crippen LogP contribution in [-0.4, -0.2) is 5.78 Å². The lowest BCUT2D eigenvalue weighted by atomic mass is 10.0. The molecular weight excluding hydrogens is 172 g/mol. The van der Waals surface area contributed by atoms with Gasteiger partial charge in [0.15, 0.2) is 5.78 Å². The molecule has 0 saturated heterocycles.